The maximum absolute atomic E-state index is 15.5. The third-order valence-corrected chi connectivity index (χ3v) is 13.0. The van der Waals surface area contributed by atoms with E-state index in [1.807, 2.05) is 91.7 Å². The summed E-state index contributed by atoms with van der Waals surface area (Å²) in [6, 6.07) is 27.1. The van der Waals surface area contributed by atoms with E-state index in [1.54, 1.807) is 0 Å². The number of hydrogen-bond donors (Lipinski definition) is 1. The highest BCUT2D eigenvalue weighted by molar-refractivity contribution is 7.81. The molecule has 2 aliphatic carbocycles. The quantitative estimate of drug-likeness (QED) is 0.283. The van der Waals surface area contributed by atoms with E-state index < -0.39 is 30.6 Å². The summed E-state index contributed by atoms with van der Waals surface area (Å²) in [7, 11) is -1.85. The monoisotopic (exact) mass is 619 g/mol. The molecule has 0 bridgehead atoms. The number of ether oxygens (including phenoxy) is 2. The zero-order valence-corrected chi connectivity index (χ0v) is 26.5. The molecule has 2 heterocycles. The second-order valence-electron chi connectivity index (χ2n) is 12.1. The fourth-order valence-electron chi connectivity index (χ4n) is 8.10. The van der Waals surface area contributed by atoms with E-state index >= 15 is 4.57 Å². The van der Waals surface area contributed by atoms with Gasteiger partial charge < -0.3 is 19.4 Å². The predicted molar refractivity (Wildman–Crippen MR) is 175 cm³/mol. The van der Waals surface area contributed by atoms with Crippen molar-refractivity contribution in [3.63, 3.8) is 0 Å². The number of rotatable bonds is 7. The van der Waals surface area contributed by atoms with Crippen LogP contribution in [0.15, 0.2) is 96.2 Å². The maximum atomic E-state index is 15.5. The van der Waals surface area contributed by atoms with Gasteiger partial charge in [0.2, 0.25) is 0 Å². The lowest BCUT2D eigenvalue weighted by Gasteiger charge is -2.47. The number of fused-ring (bicyclic) bond motifs is 1. The molecule has 1 N–H and O–H groups in total. The maximum Gasteiger partial charge on any atom is 0.335 e. The van der Waals surface area contributed by atoms with Crippen molar-refractivity contribution < 1.29 is 23.6 Å². The number of benzene rings is 3. The summed E-state index contributed by atoms with van der Waals surface area (Å²) < 4.78 is 26.8. The Morgan fingerprint density at radius 3 is 2.24 bits per heavy atom. The van der Waals surface area contributed by atoms with Crippen molar-refractivity contribution >= 4 is 35.4 Å². The number of nitrogens with one attached hydrogen (secondary N) is 1. The number of anilines is 1. The Kier molecular flexibility index (Phi) is 7.74. The average molecular weight is 620 g/mol. The Bertz CT molecular complexity index is 1650. The molecule has 1 saturated heterocycles. The van der Waals surface area contributed by atoms with E-state index in [0.29, 0.717) is 18.5 Å². The van der Waals surface area contributed by atoms with Crippen LogP contribution in [0.25, 0.3) is 0 Å². The van der Waals surface area contributed by atoms with Gasteiger partial charge in [-0.3, -0.25) is 9.69 Å². The Morgan fingerprint density at radius 1 is 0.956 bits per heavy atom. The molecule has 3 aromatic rings. The summed E-state index contributed by atoms with van der Waals surface area (Å²) in [4.78, 5) is 28.2. The highest BCUT2D eigenvalue weighted by Gasteiger charge is 2.64. The first-order valence-electron chi connectivity index (χ1n) is 15.4. The third kappa shape index (κ3) is 4.61. The highest BCUT2D eigenvalue weighted by atomic mass is 31.2. The van der Waals surface area contributed by atoms with Gasteiger partial charge in [0.05, 0.1) is 29.8 Å². The third-order valence-electron chi connectivity index (χ3n) is 9.90. The zero-order valence-electron chi connectivity index (χ0n) is 25.6. The van der Waals surface area contributed by atoms with E-state index in [-0.39, 0.29) is 18.5 Å². The Hall–Kier alpha value is -3.67. The standard InChI is InChI=1S/C37H36N2O5P/c1-24(28-17-12-20-33(28)45(42,26-13-6-4-7-14-26)27-15-8-5-9-16-27)39-22-21-37-30-18-10-11-19-31(30)38-34(37)29(36(41)43-3)23-32(35(37)39)44-25(2)40/h4-20,24,32,35,38H,21-23H2,1-3H3/t24-,32-,35+,37+/m0/s1. The largest absolute Gasteiger partial charge is 0.466 e. The molecule has 0 amide bonds. The van der Waals surface area contributed by atoms with E-state index in [9.17, 15) is 9.59 Å². The van der Waals surface area contributed by atoms with Crippen LogP contribution in [-0.4, -0.2) is 48.7 Å². The van der Waals surface area contributed by atoms with Crippen molar-refractivity contribution in [3.8, 4) is 0 Å². The fraction of sp³-hybridized carbons (Fsp3) is 0.270. The van der Waals surface area contributed by atoms with Crippen LogP contribution < -0.4 is 15.9 Å². The van der Waals surface area contributed by atoms with E-state index in [2.05, 4.69) is 29.6 Å². The molecule has 45 heavy (non-hydrogen) atoms. The smallest absolute Gasteiger partial charge is 0.335 e. The summed E-state index contributed by atoms with van der Waals surface area (Å²) in [6.07, 6.45) is 6.42. The minimum absolute atomic E-state index is 0.174. The van der Waals surface area contributed by atoms with Crippen molar-refractivity contribution in [2.75, 3.05) is 19.0 Å². The molecule has 7 nitrogen and oxygen atoms in total. The van der Waals surface area contributed by atoms with Gasteiger partial charge in [0.25, 0.3) is 0 Å². The first-order valence-corrected chi connectivity index (χ1v) is 17.1. The molecular formula is C37H36N2O5P. The van der Waals surface area contributed by atoms with Crippen LogP contribution in [0, 0.1) is 30.8 Å². The van der Waals surface area contributed by atoms with Crippen LogP contribution in [0.5, 0.6) is 0 Å². The van der Waals surface area contributed by atoms with Gasteiger partial charge >= 0.3 is 11.9 Å². The second kappa shape index (κ2) is 11.6. The second-order valence-corrected chi connectivity index (χ2v) is 14.8. The first kappa shape index (κ1) is 30.0. The van der Waals surface area contributed by atoms with Gasteiger partial charge in [-0.25, -0.2) is 4.79 Å². The summed E-state index contributed by atoms with van der Waals surface area (Å²) in [5, 5.41) is 5.14. The van der Waals surface area contributed by atoms with Crippen LogP contribution in [0.4, 0.5) is 5.69 Å². The number of likely N-dealkylation sites (tertiary alicyclic amines) is 1. The van der Waals surface area contributed by atoms with Gasteiger partial charge in [-0.15, -0.1) is 0 Å². The molecule has 5 radical (unpaired) electrons. The predicted octanol–water partition coefficient (Wildman–Crippen LogP) is 5.32. The number of para-hydroxylation sites is 1. The molecule has 0 unspecified atom stereocenters. The molecule has 2 aliphatic heterocycles. The molecule has 1 saturated carbocycles. The van der Waals surface area contributed by atoms with Crippen molar-refractivity contribution in [1.82, 2.24) is 4.90 Å². The van der Waals surface area contributed by atoms with Gasteiger partial charge in [0.1, 0.15) is 6.10 Å². The summed E-state index contributed by atoms with van der Waals surface area (Å²) in [5.41, 5.74) is 3.58. The van der Waals surface area contributed by atoms with Gasteiger partial charge in [-0.1, -0.05) is 78.9 Å². The first-order chi connectivity index (χ1) is 21.8. The van der Waals surface area contributed by atoms with Crippen LogP contribution in [0.3, 0.4) is 0 Å². The van der Waals surface area contributed by atoms with Crippen LogP contribution >= 0.6 is 7.14 Å². The number of carbonyl (C=O) groups is 2. The Labute approximate surface area is 265 Å². The molecule has 8 heteroatoms. The van der Waals surface area contributed by atoms with E-state index in [0.717, 1.165) is 39.1 Å². The molecule has 7 rings (SSSR count). The minimum Gasteiger partial charge on any atom is -0.466 e. The highest BCUT2D eigenvalue weighted by Crippen LogP contribution is 2.65. The zero-order chi connectivity index (χ0) is 31.3. The molecule has 2 fully saturated rings. The van der Waals surface area contributed by atoms with Crippen molar-refractivity contribution in [2.24, 2.45) is 0 Å². The lowest BCUT2D eigenvalue weighted by Crippen LogP contribution is -2.58. The van der Waals surface area contributed by atoms with Gasteiger partial charge in [0, 0.05) is 53.8 Å². The molecule has 4 atom stereocenters. The van der Waals surface area contributed by atoms with Crippen molar-refractivity contribution in [2.45, 2.75) is 50.3 Å². The molecule has 0 aromatic heterocycles. The summed E-state index contributed by atoms with van der Waals surface area (Å²) in [6.45, 7) is 4.25. The minimum atomic E-state index is -3.23. The summed E-state index contributed by atoms with van der Waals surface area (Å²) >= 11 is 0. The van der Waals surface area contributed by atoms with Crippen LogP contribution in [0.1, 0.15) is 32.3 Å². The van der Waals surface area contributed by atoms with Gasteiger partial charge in [-0.2, -0.15) is 0 Å². The molecule has 229 valence electrons. The van der Waals surface area contributed by atoms with Gasteiger partial charge in [0.15, 0.2) is 7.14 Å². The molecule has 3 aromatic carbocycles. The lowest BCUT2D eigenvalue weighted by molar-refractivity contribution is -0.152. The number of carbonyl (C=O) groups excluding carboxylic acids is 2. The van der Waals surface area contributed by atoms with Crippen molar-refractivity contribution in [3.05, 3.63) is 133 Å². The fourth-order valence-corrected chi connectivity index (χ4v) is 11.1. The normalized spacial score (nSPS) is 25.7. The average Bonchev–Trinajstić information content (AvgIpc) is 3.80. The SMILES string of the molecule is COC(=O)C1=C2Nc3ccccc3[C@]23CCN([C@@H](C)[C]2[CH][CH][CH][C]2P(=O)(c2ccccc2)c2ccccc2)[C@@H]3[C@@H](OC(C)=O)C1. The molecule has 4 aliphatic rings. The topological polar surface area (TPSA) is 84.9 Å². The van der Waals surface area contributed by atoms with E-state index in [1.165, 1.54) is 14.0 Å². The number of esters is 2. The van der Waals surface area contributed by atoms with Gasteiger partial charge in [-0.05, 0) is 44.2 Å². The number of nitrogens with zero attached hydrogens (tertiary/aromatic N) is 1. The van der Waals surface area contributed by atoms with Crippen LogP contribution in [-0.2, 0) is 29.0 Å². The number of methoxy groups -OCH3 is 1. The Balaban J connectivity index is 1.33. The van der Waals surface area contributed by atoms with E-state index in [4.69, 9.17) is 9.47 Å². The molecule has 1 spiro atoms. The summed E-state index contributed by atoms with van der Waals surface area (Å²) in [5.74, 6) is 0.165. The van der Waals surface area contributed by atoms with Crippen molar-refractivity contribution in [1.29, 1.82) is 0 Å². The Morgan fingerprint density at radius 2 is 1.60 bits per heavy atom. The van der Waals surface area contributed by atoms with Crippen LogP contribution in [0.2, 0.25) is 0 Å². The molecular weight excluding hydrogens is 583 g/mol. The lowest BCUT2D eigenvalue weighted by atomic mass is 9.66. The number of hydrogen-bond acceptors (Lipinski definition) is 7.